The van der Waals surface area contributed by atoms with Crippen LogP contribution in [0.5, 0.6) is 0 Å². The summed E-state index contributed by atoms with van der Waals surface area (Å²) in [6, 6.07) is 0. The Balaban J connectivity index is 3.05. The molecule has 0 spiro atoms. The predicted molar refractivity (Wildman–Crippen MR) is 28.9 cm³/mol. The predicted octanol–water partition coefficient (Wildman–Crippen LogP) is -0.331. The minimum absolute atomic E-state index is 1.07. The number of aromatic nitrogens is 1. The standard InChI is InChI=1S/C3H3NSSe/c6-3-4-1-2-5-3/h1-2H,(H,4,6). The Morgan fingerprint density at radius 2 is 2.67 bits per heavy atom. The molecule has 0 amide bonds. The van der Waals surface area contributed by atoms with Crippen molar-refractivity contribution in [2.75, 3.05) is 0 Å². The van der Waals surface area contributed by atoms with Crippen LogP contribution >= 0.6 is 11.3 Å². The Morgan fingerprint density at radius 3 is 2.83 bits per heavy atom. The van der Waals surface area contributed by atoms with Crippen LogP contribution in [0.25, 0.3) is 0 Å². The molecule has 0 unspecified atom stereocenters. The Morgan fingerprint density at radius 1 is 1.83 bits per heavy atom. The number of hydrogen-bond acceptors (Lipinski definition) is 2. The van der Waals surface area contributed by atoms with Gasteiger partial charge in [0.1, 0.15) is 0 Å². The van der Waals surface area contributed by atoms with Gasteiger partial charge in [-0.25, -0.2) is 0 Å². The van der Waals surface area contributed by atoms with Crippen molar-refractivity contribution >= 4 is 31.3 Å². The molecule has 0 aliphatic rings. The Bertz CT molecular complexity index is 114. The van der Waals surface area contributed by atoms with E-state index in [1.807, 2.05) is 5.38 Å². The first-order valence-electron chi connectivity index (χ1n) is 1.48. The van der Waals surface area contributed by atoms with E-state index in [-0.39, 0.29) is 0 Å². The van der Waals surface area contributed by atoms with E-state index in [4.69, 9.17) is 0 Å². The zero-order valence-corrected chi connectivity index (χ0v) is 5.65. The number of rotatable bonds is 0. The summed E-state index contributed by atoms with van der Waals surface area (Å²) in [5.74, 6) is 0. The van der Waals surface area contributed by atoms with Crippen molar-refractivity contribution < 1.29 is 0 Å². The topological polar surface area (TPSA) is 12.9 Å². The van der Waals surface area contributed by atoms with E-state index in [0.29, 0.717) is 0 Å². The van der Waals surface area contributed by atoms with Crippen molar-refractivity contribution in [1.29, 1.82) is 0 Å². The fraction of sp³-hybridized carbons (Fsp3) is 0. The number of hydrogen-bond donors (Lipinski definition) is 0. The zero-order valence-electron chi connectivity index (χ0n) is 2.96. The van der Waals surface area contributed by atoms with E-state index in [9.17, 15) is 0 Å². The molecule has 0 bridgehead atoms. The summed E-state index contributed by atoms with van der Waals surface area (Å²) in [7, 11) is 0. The monoisotopic (exact) mass is 165 g/mol. The number of nitrogens with zero attached hydrogens (tertiary/aromatic N) is 1. The van der Waals surface area contributed by atoms with Crippen LogP contribution in [0, 0.1) is 0 Å². The van der Waals surface area contributed by atoms with E-state index in [1.54, 1.807) is 17.5 Å². The van der Waals surface area contributed by atoms with Crippen LogP contribution in [0.4, 0.5) is 0 Å². The van der Waals surface area contributed by atoms with Crippen LogP contribution in [0.2, 0.25) is 0 Å². The summed E-state index contributed by atoms with van der Waals surface area (Å²) < 4.78 is 1.07. The maximum atomic E-state index is 3.91. The molecule has 0 radical (unpaired) electrons. The second-order valence-corrected chi connectivity index (χ2v) is 3.26. The van der Waals surface area contributed by atoms with Crippen molar-refractivity contribution in [3.63, 3.8) is 0 Å². The molecule has 1 nitrogen and oxygen atoms in total. The molecule has 0 fully saturated rings. The fourth-order valence-electron chi connectivity index (χ4n) is 0.216. The summed E-state index contributed by atoms with van der Waals surface area (Å²) >= 11 is 4.03. The van der Waals surface area contributed by atoms with E-state index >= 15 is 0 Å². The van der Waals surface area contributed by atoms with Gasteiger partial charge in [-0.05, 0) is 0 Å². The minimum atomic E-state index is 1.07. The van der Waals surface area contributed by atoms with Crippen molar-refractivity contribution in [2.24, 2.45) is 0 Å². The molecule has 0 atom stereocenters. The van der Waals surface area contributed by atoms with Crippen LogP contribution in [0.15, 0.2) is 11.6 Å². The molecule has 0 aromatic carbocycles. The second-order valence-electron chi connectivity index (χ2n) is 0.815. The van der Waals surface area contributed by atoms with Gasteiger partial charge >= 0.3 is 47.8 Å². The molecule has 0 aliphatic heterocycles. The van der Waals surface area contributed by atoms with Gasteiger partial charge in [0.2, 0.25) is 0 Å². The van der Waals surface area contributed by atoms with Gasteiger partial charge in [-0.2, -0.15) is 0 Å². The van der Waals surface area contributed by atoms with Crippen molar-refractivity contribution in [3.05, 3.63) is 11.6 Å². The van der Waals surface area contributed by atoms with Crippen LogP contribution < -0.4 is 3.91 Å². The molecule has 6 heavy (non-hydrogen) atoms. The molecule has 1 aromatic rings. The molecule has 1 rings (SSSR count). The normalized spacial score (nSPS) is 8.83. The molecule has 3 heteroatoms. The molecular weight excluding hydrogens is 161 g/mol. The van der Waals surface area contributed by atoms with Gasteiger partial charge in [0.15, 0.2) is 0 Å². The summed E-state index contributed by atoms with van der Waals surface area (Å²) in [6.07, 6.45) is 1.79. The maximum absolute atomic E-state index is 3.91. The van der Waals surface area contributed by atoms with E-state index in [2.05, 4.69) is 21.0 Å². The molecule has 1 aromatic heterocycles. The third kappa shape index (κ3) is 0.805. The summed E-state index contributed by atoms with van der Waals surface area (Å²) in [5, 5.41) is 1.95. The number of thiazole rings is 1. The van der Waals surface area contributed by atoms with Gasteiger partial charge in [-0.1, -0.05) is 0 Å². The SMILES string of the molecule is [SeH]c1nccs1. The fourth-order valence-corrected chi connectivity index (χ4v) is 1.10. The average Bonchev–Trinajstić information content (AvgIpc) is 1.86. The van der Waals surface area contributed by atoms with Gasteiger partial charge in [0, 0.05) is 0 Å². The first-order chi connectivity index (χ1) is 2.89. The molecule has 1 heterocycles. The molecule has 32 valence electrons. The molecular formula is C3H3NSSe. The summed E-state index contributed by atoms with van der Waals surface area (Å²) in [6.45, 7) is 0. The second kappa shape index (κ2) is 1.73. The van der Waals surface area contributed by atoms with Crippen LogP contribution in [-0.2, 0) is 0 Å². The van der Waals surface area contributed by atoms with Gasteiger partial charge < -0.3 is 0 Å². The zero-order chi connectivity index (χ0) is 4.41. The van der Waals surface area contributed by atoms with Gasteiger partial charge in [0.25, 0.3) is 0 Å². The first kappa shape index (κ1) is 4.31. The summed E-state index contributed by atoms with van der Waals surface area (Å²) in [5.41, 5.74) is 0. The summed E-state index contributed by atoms with van der Waals surface area (Å²) in [4.78, 5) is 3.91. The Hall–Kier alpha value is 0.149. The third-order valence-electron chi connectivity index (χ3n) is 0.419. The molecule has 0 saturated carbocycles. The van der Waals surface area contributed by atoms with Crippen molar-refractivity contribution in [3.8, 4) is 0 Å². The van der Waals surface area contributed by atoms with E-state index < -0.39 is 0 Å². The quantitative estimate of drug-likeness (QED) is 0.478. The van der Waals surface area contributed by atoms with Gasteiger partial charge in [-0.15, -0.1) is 0 Å². The Labute approximate surface area is 48.2 Å². The Kier molecular flexibility index (Phi) is 1.25. The van der Waals surface area contributed by atoms with E-state index in [0.717, 1.165) is 3.91 Å². The van der Waals surface area contributed by atoms with Gasteiger partial charge in [0.05, 0.1) is 0 Å². The molecule has 0 saturated heterocycles. The van der Waals surface area contributed by atoms with Gasteiger partial charge in [-0.3, -0.25) is 0 Å². The van der Waals surface area contributed by atoms with Crippen LogP contribution in [-0.4, -0.2) is 21.0 Å². The van der Waals surface area contributed by atoms with Crippen molar-refractivity contribution in [2.45, 2.75) is 0 Å². The van der Waals surface area contributed by atoms with E-state index in [1.165, 1.54) is 0 Å². The average molecular weight is 164 g/mol. The molecule has 0 N–H and O–H groups in total. The van der Waals surface area contributed by atoms with Crippen molar-refractivity contribution in [1.82, 2.24) is 4.98 Å². The van der Waals surface area contributed by atoms with Crippen LogP contribution in [0.3, 0.4) is 0 Å². The van der Waals surface area contributed by atoms with Crippen LogP contribution in [0.1, 0.15) is 0 Å². The molecule has 0 aliphatic carbocycles. The first-order valence-corrected chi connectivity index (χ1v) is 3.30. The third-order valence-corrected chi connectivity index (χ3v) is 1.90.